The molecule has 0 unspecified atom stereocenters. The van der Waals surface area contributed by atoms with Crippen LogP contribution in [0.3, 0.4) is 0 Å². The van der Waals surface area contributed by atoms with Crippen molar-refractivity contribution in [2.45, 2.75) is 89.4 Å². The van der Waals surface area contributed by atoms with Crippen LogP contribution in [0, 0.1) is 12.7 Å². The van der Waals surface area contributed by atoms with Crippen LogP contribution in [-0.4, -0.2) is 142 Å². The number of ether oxygens (including phenoxy) is 2. The lowest BCUT2D eigenvalue weighted by atomic mass is 9.81. The number of carboxylic acid groups (broad SMARTS) is 1. The number of nitrogens with zero attached hydrogens (tertiary/aromatic N) is 3. The van der Waals surface area contributed by atoms with Crippen LogP contribution in [-0.2, 0) is 89.0 Å². The van der Waals surface area contributed by atoms with E-state index in [4.69, 9.17) is 19.6 Å². The van der Waals surface area contributed by atoms with Gasteiger partial charge in [0.25, 0.3) is 17.4 Å². The van der Waals surface area contributed by atoms with Crippen LogP contribution in [0.4, 0.5) is 4.39 Å². The van der Waals surface area contributed by atoms with Gasteiger partial charge in [-0.05, 0) is 61.4 Å². The van der Waals surface area contributed by atoms with E-state index in [0.717, 1.165) is 12.2 Å². The predicted molar refractivity (Wildman–Crippen MR) is 268 cm³/mol. The Bertz CT molecular complexity index is 3260. The molecule has 3 aliphatic heterocycles. The Morgan fingerprint density at radius 2 is 1.55 bits per heavy atom. The van der Waals surface area contributed by atoms with Crippen LogP contribution in [0.5, 0.6) is 0 Å². The number of aromatic nitrogens is 2. The first kappa shape index (κ1) is 55.5. The number of amides is 8. The fraction of sp³-hybridized carbons (Fsp3) is 0.385. The van der Waals surface area contributed by atoms with E-state index in [1.165, 1.54) is 17.6 Å². The third-order valence-corrected chi connectivity index (χ3v) is 14.0. The molecule has 2 aromatic carbocycles. The molecule has 9 N–H and O–H groups in total. The molecule has 0 bridgehead atoms. The van der Waals surface area contributed by atoms with Gasteiger partial charge in [-0.2, -0.15) is 0 Å². The molecule has 0 saturated heterocycles. The van der Waals surface area contributed by atoms with E-state index in [2.05, 4.69) is 37.2 Å². The van der Waals surface area contributed by atoms with E-state index in [9.17, 15) is 57.8 Å². The maximum absolute atomic E-state index is 15.4. The third kappa shape index (κ3) is 11.5. The molecule has 4 aromatic rings. The van der Waals surface area contributed by atoms with Crippen LogP contribution >= 0.6 is 0 Å². The number of halogens is 1. The van der Waals surface area contributed by atoms with Crippen molar-refractivity contribution in [1.82, 2.24) is 51.7 Å². The monoisotopic (exact) mass is 1080 g/mol. The third-order valence-electron chi connectivity index (χ3n) is 14.0. The minimum absolute atomic E-state index is 0.0285. The molecule has 0 fully saturated rings. The topological polar surface area (TPSA) is 352 Å². The second kappa shape index (κ2) is 23.2. The molecule has 410 valence electrons. The zero-order chi connectivity index (χ0) is 56.2. The van der Waals surface area contributed by atoms with E-state index in [-0.39, 0.29) is 42.6 Å². The number of aliphatic carboxylic acids is 1. The second-order valence-electron chi connectivity index (χ2n) is 18.9. The van der Waals surface area contributed by atoms with Crippen molar-refractivity contribution in [3.8, 4) is 11.4 Å². The molecule has 26 heteroatoms. The molecule has 5 heterocycles. The van der Waals surface area contributed by atoms with Crippen molar-refractivity contribution in [2.24, 2.45) is 0 Å². The summed E-state index contributed by atoms with van der Waals surface area (Å²) < 4.78 is 27.8. The molecule has 2 aromatic heterocycles. The van der Waals surface area contributed by atoms with Crippen molar-refractivity contribution in [1.29, 1.82) is 0 Å². The molecule has 5 atom stereocenters. The average molecular weight is 1080 g/mol. The van der Waals surface area contributed by atoms with Gasteiger partial charge >= 0.3 is 11.9 Å². The van der Waals surface area contributed by atoms with Crippen molar-refractivity contribution in [3.63, 3.8) is 0 Å². The number of rotatable bonds is 22. The summed E-state index contributed by atoms with van der Waals surface area (Å²) in [7, 11) is 0. The highest BCUT2D eigenvalue weighted by Gasteiger charge is 2.46. The molecule has 78 heavy (non-hydrogen) atoms. The van der Waals surface area contributed by atoms with Crippen LogP contribution in [0.1, 0.15) is 71.7 Å². The zero-order valence-electron chi connectivity index (χ0n) is 42.4. The smallest absolute Gasteiger partial charge is 0.343 e. The summed E-state index contributed by atoms with van der Waals surface area (Å²) in [6.45, 7) is 0.932. The number of aryl methyl sites for hydroxylation is 1. The van der Waals surface area contributed by atoms with E-state index >= 15 is 4.39 Å². The summed E-state index contributed by atoms with van der Waals surface area (Å²) in [5, 5.41) is 38.4. The number of hydrogen-bond donors (Lipinski definition) is 9. The standard InChI is InChI=1S/C52H55FN10O15/c1-4-52(76)31-15-36-46-29(22-62(36)50(74)30(31)23-77-51(52)75)45-33(11-10-28-25(2)32(53)16-34(60-46)44(28)45)61-47(71)26(3)78-24-58-39(65)19-56-48(72)35(14-27-8-6-5-7-9-27)59-40(66)20-55-38(64)18-57-49(73)37(17-54-21-43(69)70)63-41(67)12-13-42(63)68/h5-9,12-13,15-16,26,33,35,37,54,76H,4,10-11,14,17-24H2,1-3H3,(H,55,64)(H,56,72)(H,57,73)(H,58,65)(H,59,66)(H,61,71)(H,69,70)/t26-,33-,35+,37-,52+/m1/s1. The number of aliphatic hydroxyl groups is 1. The lowest BCUT2D eigenvalue weighted by Gasteiger charge is -2.31. The summed E-state index contributed by atoms with van der Waals surface area (Å²) >= 11 is 0. The minimum atomic E-state index is -2.07. The highest BCUT2D eigenvalue weighted by molar-refractivity contribution is 6.15. The Balaban J connectivity index is 0.848. The van der Waals surface area contributed by atoms with Gasteiger partial charge in [0.1, 0.15) is 37.3 Å². The van der Waals surface area contributed by atoms with E-state index in [0.29, 0.717) is 62.3 Å². The molecule has 8 rings (SSSR count). The van der Waals surface area contributed by atoms with Crippen LogP contribution < -0.4 is 42.8 Å². The van der Waals surface area contributed by atoms with Crippen LogP contribution in [0.25, 0.3) is 22.3 Å². The number of benzene rings is 2. The SMILES string of the molecule is CC[C@@]1(O)C(=O)OCc2c1cc1n(c2=O)Cc2c-1nc1cc(F)c(C)c3c1c2[C@H](NC(=O)[C@@H](C)OCNC(=O)CNC(=O)[C@H](Cc1ccccc1)NC(=O)CNC(=O)CNC(=O)[C@@H](CNCC(=O)O)N1C(=O)C=CC1=O)CC3. The lowest BCUT2D eigenvalue weighted by molar-refractivity contribution is -0.172. The van der Waals surface area contributed by atoms with Gasteiger partial charge in [-0.1, -0.05) is 37.3 Å². The predicted octanol–water partition coefficient (Wildman–Crippen LogP) is -1.85. The average Bonchev–Trinajstić information content (AvgIpc) is 4.15. The number of pyridine rings is 2. The van der Waals surface area contributed by atoms with E-state index < -0.39 is 140 Å². The number of fused-ring (bicyclic) bond motifs is 5. The Morgan fingerprint density at radius 3 is 2.24 bits per heavy atom. The molecular weight excluding hydrogens is 1020 g/mol. The van der Waals surface area contributed by atoms with Gasteiger partial charge in [-0.25, -0.2) is 14.2 Å². The lowest BCUT2D eigenvalue weighted by Crippen LogP contribution is -2.56. The highest BCUT2D eigenvalue weighted by Crippen LogP contribution is 2.46. The summed E-state index contributed by atoms with van der Waals surface area (Å²) in [6.07, 6.45) is 1.33. The fourth-order valence-corrected chi connectivity index (χ4v) is 9.83. The molecule has 0 saturated carbocycles. The van der Waals surface area contributed by atoms with Gasteiger partial charge in [-0.3, -0.25) is 52.8 Å². The largest absolute Gasteiger partial charge is 0.480 e. The number of carbonyl (C=O) groups excluding carboxylic acids is 9. The summed E-state index contributed by atoms with van der Waals surface area (Å²) in [5.74, 6) is -9.02. The summed E-state index contributed by atoms with van der Waals surface area (Å²) in [5.41, 5.74) is 1.58. The van der Waals surface area contributed by atoms with Gasteiger partial charge < -0.3 is 61.5 Å². The molecular formula is C52H55FN10O15. The van der Waals surface area contributed by atoms with Gasteiger partial charge in [-0.15, -0.1) is 0 Å². The van der Waals surface area contributed by atoms with Gasteiger partial charge in [0.05, 0.1) is 61.2 Å². The quantitative estimate of drug-likeness (QED) is 0.0209. The summed E-state index contributed by atoms with van der Waals surface area (Å²) in [6, 6.07) is 7.96. The van der Waals surface area contributed by atoms with Gasteiger partial charge in [0.2, 0.25) is 35.4 Å². The first-order chi connectivity index (χ1) is 37.2. The highest BCUT2D eigenvalue weighted by atomic mass is 19.1. The number of esters is 1. The molecule has 25 nitrogen and oxygen atoms in total. The van der Waals surface area contributed by atoms with Crippen molar-refractivity contribution in [2.75, 3.05) is 39.5 Å². The maximum Gasteiger partial charge on any atom is 0.343 e. The number of carboxylic acids is 1. The normalized spacial score (nSPS) is 17.9. The number of nitrogens with one attached hydrogen (secondary N) is 7. The number of hydrogen-bond acceptors (Lipinski definition) is 16. The first-order valence-corrected chi connectivity index (χ1v) is 24.8. The Hall–Kier alpha value is -8.75. The summed E-state index contributed by atoms with van der Waals surface area (Å²) in [4.78, 5) is 147. The first-order valence-electron chi connectivity index (χ1n) is 24.8. The number of carbonyl (C=O) groups is 10. The molecule has 0 spiro atoms. The minimum Gasteiger partial charge on any atom is -0.480 e. The molecule has 8 amide bonds. The Labute approximate surface area is 442 Å². The van der Waals surface area contributed by atoms with Gasteiger partial charge in [0, 0.05) is 47.7 Å². The van der Waals surface area contributed by atoms with Crippen molar-refractivity contribution in [3.05, 3.63) is 110 Å². The maximum atomic E-state index is 15.4. The van der Waals surface area contributed by atoms with E-state index in [1.54, 1.807) is 50.2 Å². The molecule has 0 radical (unpaired) electrons. The van der Waals surface area contributed by atoms with Crippen LogP contribution in [0.15, 0.2) is 59.4 Å². The molecule has 1 aliphatic carbocycles. The van der Waals surface area contributed by atoms with Crippen molar-refractivity contribution >= 4 is 70.1 Å². The zero-order valence-corrected chi connectivity index (χ0v) is 42.4. The van der Waals surface area contributed by atoms with Gasteiger partial charge in [0.15, 0.2) is 5.60 Å². The Kier molecular flexibility index (Phi) is 16.5. The van der Waals surface area contributed by atoms with E-state index in [1.807, 2.05) is 0 Å². The second-order valence-corrected chi connectivity index (χ2v) is 18.9. The number of imide groups is 1. The Morgan fingerprint density at radius 1 is 0.872 bits per heavy atom. The number of cyclic esters (lactones) is 1. The van der Waals surface area contributed by atoms with Crippen molar-refractivity contribution < 1.29 is 72.0 Å². The molecule has 4 aliphatic rings. The van der Waals surface area contributed by atoms with Crippen LogP contribution in [0.2, 0.25) is 0 Å². The fourth-order valence-electron chi connectivity index (χ4n) is 9.83.